The van der Waals surface area contributed by atoms with E-state index in [2.05, 4.69) is 31.9 Å². The third-order valence-corrected chi connectivity index (χ3v) is 5.22. The second-order valence-electron chi connectivity index (χ2n) is 4.69. The maximum atomic E-state index is 12.5. The Kier molecular flexibility index (Phi) is 4.61. The molecule has 23 heavy (non-hydrogen) atoms. The number of phenolic OH excluding ortho intramolecular Hbond substituents is 1. The van der Waals surface area contributed by atoms with E-state index >= 15 is 0 Å². The number of thioether (sulfide) groups is 1. The molecule has 0 unspecified atom stereocenters. The normalized spacial score (nSPS) is 16.4. The Labute approximate surface area is 153 Å². The molecule has 1 heterocycles. The summed E-state index contributed by atoms with van der Waals surface area (Å²) < 4.78 is 1.00. The van der Waals surface area contributed by atoms with E-state index in [9.17, 15) is 14.7 Å². The summed E-state index contributed by atoms with van der Waals surface area (Å²) in [5, 5.41) is 9.40. The number of hydrogen-bond acceptors (Lipinski definition) is 4. The summed E-state index contributed by atoms with van der Waals surface area (Å²) in [6, 6.07) is 12.2. The molecule has 0 spiro atoms. The van der Waals surface area contributed by atoms with E-state index in [1.165, 1.54) is 0 Å². The molecule has 116 valence electrons. The predicted octanol–water partition coefficient (Wildman–Crippen LogP) is 5.16. The topological polar surface area (TPSA) is 57.6 Å². The van der Waals surface area contributed by atoms with Gasteiger partial charge in [0.25, 0.3) is 11.1 Å². The van der Waals surface area contributed by atoms with Gasteiger partial charge in [0.1, 0.15) is 5.75 Å². The van der Waals surface area contributed by atoms with Gasteiger partial charge < -0.3 is 5.11 Å². The summed E-state index contributed by atoms with van der Waals surface area (Å²) in [5.41, 5.74) is 1.24. The highest BCUT2D eigenvalue weighted by Gasteiger charge is 2.36. The molecule has 1 N–H and O–H groups in total. The number of halogens is 2. The van der Waals surface area contributed by atoms with Gasteiger partial charge in [-0.15, -0.1) is 0 Å². The van der Waals surface area contributed by atoms with Crippen molar-refractivity contribution in [1.82, 2.24) is 0 Å². The zero-order chi connectivity index (χ0) is 16.6. The lowest BCUT2D eigenvalue weighted by molar-refractivity contribution is -0.113. The van der Waals surface area contributed by atoms with E-state index in [-0.39, 0.29) is 16.9 Å². The summed E-state index contributed by atoms with van der Waals surface area (Å²) in [5.74, 6) is -0.272. The van der Waals surface area contributed by atoms with Crippen LogP contribution in [0.4, 0.5) is 10.5 Å². The smallest absolute Gasteiger partial charge is 0.298 e. The number of hydrogen-bond donors (Lipinski definition) is 1. The molecule has 1 fully saturated rings. The number of phenols is 1. The van der Waals surface area contributed by atoms with Crippen LogP contribution in [0.15, 0.2) is 56.3 Å². The largest absolute Gasteiger partial charge is 0.506 e. The maximum Gasteiger partial charge on any atom is 0.298 e. The molecule has 0 radical (unpaired) electrons. The Morgan fingerprint density at radius 2 is 1.65 bits per heavy atom. The minimum absolute atomic E-state index is 0.0829. The van der Waals surface area contributed by atoms with Gasteiger partial charge in [-0.25, -0.2) is 4.90 Å². The first-order chi connectivity index (χ1) is 11.0. The van der Waals surface area contributed by atoms with Gasteiger partial charge in [0.2, 0.25) is 0 Å². The second-order valence-corrected chi connectivity index (χ2v) is 7.39. The number of imide groups is 1. The van der Waals surface area contributed by atoms with E-state index in [1.807, 2.05) is 6.07 Å². The summed E-state index contributed by atoms with van der Waals surface area (Å²) in [4.78, 5) is 26.1. The highest BCUT2D eigenvalue weighted by molar-refractivity contribution is 9.11. The van der Waals surface area contributed by atoms with Crippen molar-refractivity contribution >= 4 is 66.5 Å². The quantitative estimate of drug-likeness (QED) is 0.637. The third-order valence-electron chi connectivity index (χ3n) is 3.15. The number of benzene rings is 2. The van der Waals surface area contributed by atoms with Crippen molar-refractivity contribution < 1.29 is 14.7 Å². The first-order valence-electron chi connectivity index (χ1n) is 6.48. The van der Waals surface area contributed by atoms with Gasteiger partial charge in [0, 0.05) is 0 Å². The number of aromatic hydroxyl groups is 1. The standard InChI is InChI=1S/C16H9Br2NO3S/c17-11-6-9(7-12(18)14(11)20)8-13-15(21)19(16(22)23-13)10-4-2-1-3-5-10/h1-8,20H. The maximum absolute atomic E-state index is 12.5. The first kappa shape index (κ1) is 16.3. The molecule has 0 aromatic heterocycles. The van der Waals surface area contributed by atoms with Crippen LogP contribution < -0.4 is 4.90 Å². The van der Waals surface area contributed by atoms with E-state index in [1.54, 1.807) is 42.5 Å². The zero-order valence-electron chi connectivity index (χ0n) is 11.5. The fourth-order valence-electron chi connectivity index (χ4n) is 2.09. The molecule has 0 bridgehead atoms. The van der Waals surface area contributed by atoms with Crippen LogP contribution in [-0.4, -0.2) is 16.3 Å². The molecular formula is C16H9Br2NO3S. The van der Waals surface area contributed by atoms with Crippen LogP contribution >= 0.6 is 43.6 Å². The molecule has 2 aromatic rings. The number of rotatable bonds is 2. The van der Waals surface area contributed by atoms with Crippen LogP contribution in [0.3, 0.4) is 0 Å². The van der Waals surface area contributed by atoms with Crippen LogP contribution in [0.25, 0.3) is 6.08 Å². The van der Waals surface area contributed by atoms with Gasteiger partial charge in [-0.3, -0.25) is 9.59 Å². The van der Waals surface area contributed by atoms with E-state index in [0.717, 1.165) is 16.7 Å². The molecule has 1 saturated heterocycles. The Hall–Kier alpha value is -1.57. The minimum atomic E-state index is -0.355. The number of nitrogens with zero attached hydrogens (tertiary/aromatic N) is 1. The van der Waals surface area contributed by atoms with Crippen LogP contribution in [0.1, 0.15) is 5.56 Å². The van der Waals surface area contributed by atoms with Crippen LogP contribution in [0.2, 0.25) is 0 Å². The van der Waals surface area contributed by atoms with Crippen molar-refractivity contribution in [1.29, 1.82) is 0 Å². The highest BCUT2D eigenvalue weighted by Crippen LogP contribution is 2.38. The lowest BCUT2D eigenvalue weighted by Crippen LogP contribution is -2.27. The molecule has 0 atom stereocenters. The van der Waals surface area contributed by atoms with Gasteiger partial charge in [-0.2, -0.15) is 0 Å². The number of carbonyl (C=O) groups is 2. The summed E-state index contributed by atoms with van der Waals surface area (Å²) in [7, 11) is 0. The fourth-order valence-corrected chi connectivity index (χ4v) is 4.15. The predicted molar refractivity (Wildman–Crippen MR) is 98.4 cm³/mol. The Bertz CT molecular complexity index is 813. The molecule has 0 saturated carbocycles. The van der Waals surface area contributed by atoms with Crippen molar-refractivity contribution in [3.05, 3.63) is 61.9 Å². The molecule has 1 aliphatic rings. The molecule has 3 rings (SSSR count). The van der Waals surface area contributed by atoms with Crippen molar-refractivity contribution in [2.45, 2.75) is 0 Å². The summed E-state index contributed by atoms with van der Waals surface area (Å²) in [6.07, 6.45) is 1.63. The average Bonchev–Trinajstić information content (AvgIpc) is 2.80. The molecule has 2 aromatic carbocycles. The van der Waals surface area contributed by atoms with E-state index < -0.39 is 0 Å². The highest BCUT2D eigenvalue weighted by atomic mass is 79.9. The van der Waals surface area contributed by atoms with Crippen molar-refractivity contribution in [2.75, 3.05) is 4.90 Å². The van der Waals surface area contributed by atoms with Crippen LogP contribution in [-0.2, 0) is 4.79 Å². The Morgan fingerprint density at radius 1 is 1.04 bits per heavy atom. The van der Waals surface area contributed by atoms with E-state index in [0.29, 0.717) is 25.1 Å². The Morgan fingerprint density at radius 3 is 2.26 bits per heavy atom. The van der Waals surface area contributed by atoms with Crippen molar-refractivity contribution in [3.63, 3.8) is 0 Å². The summed E-state index contributed by atoms with van der Waals surface area (Å²) >= 11 is 7.38. The van der Waals surface area contributed by atoms with Crippen LogP contribution in [0, 0.1) is 0 Å². The minimum Gasteiger partial charge on any atom is -0.506 e. The molecule has 2 amide bonds. The summed E-state index contributed by atoms with van der Waals surface area (Å²) in [6.45, 7) is 0. The lowest BCUT2D eigenvalue weighted by Gasteiger charge is -2.11. The van der Waals surface area contributed by atoms with Gasteiger partial charge in [0.15, 0.2) is 0 Å². The number of amides is 2. The number of carbonyl (C=O) groups excluding carboxylic acids is 2. The Balaban J connectivity index is 1.96. The molecule has 1 aliphatic heterocycles. The van der Waals surface area contributed by atoms with Gasteiger partial charge in [-0.1, -0.05) is 18.2 Å². The molecular weight excluding hydrogens is 446 g/mol. The SMILES string of the molecule is O=C1SC(=Cc2cc(Br)c(O)c(Br)c2)C(=O)N1c1ccccc1. The van der Waals surface area contributed by atoms with E-state index in [4.69, 9.17) is 0 Å². The van der Waals surface area contributed by atoms with Gasteiger partial charge in [-0.05, 0) is 79.5 Å². The van der Waals surface area contributed by atoms with Gasteiger partial charge in [0.05, 0.1) is 19.5 Å². The third kappa shape index (κ3) is 3.22. The first-order valence-corrected chi connectivity index (χ1v) is 8.88. The second kappa shape index (κ2) is 6.51. The number of para-hydroxylation sites is 1. The zero-order valence-corrected chi connectivity index (χ0v) is 15.5. The molecule has 7 heteroatoms. The molecule has 4 nitrogen and oxygen atoms in total. The number of anilines is 1. The van der Waals surface area contributed by atoms with Crippen molar-refractivity contribution in [3.8, 4) is 5.75 Å². The van der Waals surface area contributed by atoms with Gasteiger partial charge >= 0.3 is 0 Å². The fraction of sp³-hybridized carbons (Fsp3) is 0. The lowest BCUT2D eigenvalue weighted by atomic mass is 10.2. The average molecular weight is 455 g/mol. The van der Waals surface area contributed by atoms with Crippen molar-refractivity contribution in [2.24, 2.45) is 0 Å². The monoisotopic (exact) mass is 453 g/mol. The van der Waals surface area contributed by atoms with Crippen LogP contribution in [0.5, 0.6) is 5.75 Å². The molecule has 0 aliphatic carbocycles.